The van der Waals surface area contributed by atoms with E-state index in [0.29, 0.717) is 12.5 Å². The molecule has 4 nitrogen and oxygen atoms in total. The van der Waals surface area contributed by atoms with Gasteiger partial charge in [-0.3, -0.25) is 4.90 Å². The molecule has 0 spiro atoms. The minimum absolute atomic E-state index is 0.394. The van der Waals surface area contributed by atoms with Crippen LogP contribution in [0.5, 0.6) is 0 Å². The second-order valence-corrected chi connectivity index (χ2v) is 3.29. The molecule has 12 heavy (non-hydrogen) atoms. The molecule has 0 aromatic rings. The summed E-state index contributed by atoms with van der Waals surface area (Å²) in [5.74, 6) is 0.450. The van der Waals surface area contributed by atoms with Gasteiger partial charge in [0.25, 0.3) is 0 Å². The van der Waals surface area contributed by atoms with Gasteiger partial charge in [-0.2, -0.15) is 0 Å². The highest BCUT2D eigenvalue weighted by Crippen LogP contribution is 2.04. The zero-order valence-electron chi connectivity index (χ0n) is 7.82. The molecular formula is C8H17NO3. The predicted octanol–water partition coefficient (Wildman–Crippen LogP) is 1.35. The van der Waals surface area contributed by atoms with E-state index in [1.807, 2.05) is 13.8 Å². The van der Waals surface area contributed by atoms with Crippen molar-refractivity contribution in [2.75, 3.05) is 6.54 Å². The molecule has 0 saturated heterocycles. The Morgan fingerprint density at radius 3 is 2.17 bits per heavy atom. The minimum Gasteiger partial charge on any atom is -0.465 e. The first kappa shape index (κ1) is 11.2. The molecule has 0 heterocycles. The average molecular weight is 175 g/mol. The Labute approximate surface area is 72.8 Å². The average Bonchev–Trinajstić information content (AvgIpc) is 1.84. The van der Waals surface area contributed by atoms with Gasteiger partial charge in [-0.1, -0.05) is 13.8 Å². The van der Waals surface area contributed by atoms with Gasteiger partial charge in [-0.25, -0.2) is 4.79 Å². The highest BCUT2D eigenvalue weighted by atomic mass is 16.4. The van der Waals surface area contributed by atoms with E-state index in [1.165, 1.54) is 6.92 Å². The number of rotatable bonds is 4. The van der Waals surface area contributed by atoms with E-state index in [-0.39, 0.29) is 0 Å². The second-order valence-electron chi connectivity index (χ2n) is 3.29. The van der Waals surface area contributed by atoms with E-state index in [0.717, 1.165) is 11.3 Å². The van der Waals surface area contributed by atoms with Gasteiger partial charge >= 0.3 is 6.09 Å². The van der Waals surface area contributed by atoms with Crippen molar-refractivity contribution >= 4 is 6.09 Å². The van der Waals surface area contributed by atoms with Crippen molar-refractivity contribution < 1.29 is 15.0 Å². The molecule has 0 bridgehead atoms. The summed E-state index contributed by atoms with van der Waals surface area (Å²) >= 11 is 0. The number of aliphatic hydroxyl groups is 1. The molecule has 0 rings (SSSR count). The Hall–Kier alpha value is -0.770. The molecule has 0 fully saturated rings. The third-order valence-corrected chi connectivity index (χ3v) is 1.64. The molecule has 2 N–H and O–H groups in total. The largest absolute Gasteiger partial charge is 0.465 e. The van der Waals surface area contributed by atoms with Crippen LogP contribution in [0.3, 0.4) is 0 Å². The molecule has 0 aliphatic heterocycles. The molecule has 1 atom stereocenters. The third-order valence-electron chi connectivity index (χ3n) is 1.64. The Kier molecular flexibility index (Phi) is 4.66. The maximum absolute atomic E-state index is 10.5. The highest BCUT2D eigenvalue weighted by molar-refractivity contribution is 5.65. The van der Waals surface area contributed by atoms with E-state index < -0.39 is 12.3 Å². The molecule has 0 saturated carbocycles. The minimum atomic E-state index is -1.06. The van der Waals surface area contributed by atoms with Gasteiger partial charge in [0.15, 0.2) is 0 Å². The lowest BCUT2D eigenvalue weighted by atomic mass is 10.1. The lowest BCUT2D eigenvalue weighted by molar-refractivity contribution is 0.0228. The molecule has 0 aliphatic carbocycles. The van der Waals surface area contributed by atoms with Crippen molar-refractivity contribution in [2.24, 2.45) is 5.92 Å². The van der Waals surface area contributed by atoms with Crippen molar-refractivity contribution in [3.8, 4) is 0 Å². The Morgan fingerprint density at radius 2 is 1.92 bits per heavy atom. The quantitative estimate of drug-likeness (QED) is 0.634. The van der Waals surface area contributed by atoms with Crippen LogP contribution in [-0.4, -0.2) is 34.0 Å². The summed E-state index contributed by atoms with van der Waals surface area (Å²) in [5, 5.41) is 17.7. The number of hydrogen-bond donors (Lipinski definition) is 2. The van der Waals surface area contributed by atoms with Crippen molar-refractivity contribution in [2.45, 2.75) is 33.4 Å². The molecule has 1 unspecified atom stereocenters. The van der Waals surface area contributed by atoms with Crippen LogP contribution in [0.25, 0.3) is 0 Å². The molecule has 0 radical (unpaired) electrons. The summed E-state index contributed by atoms with van der Waals surface area (Å²) in [4.78, 5) is 11.5. The zero-order valence-corrected chi connectivity index (χ0v) is 7.82. The van der Waals surface area contributed by atoms with Crippen LogP contribution in [-0.2, 0) is 0 Å². The fourth-order valence-corrected chi connectivity index (χ4v) is 0.840. The molecule has 0 aliphatic rings. The van der Waals surface area contributed by atoms with Gasteiger partial charge in [0.2, 0.25) is 0 Å². The summed E-state index contributed by atoms with van der Waals surface area (Å²) in [5.41, 5.74) is 0. The predicted molar refractivity (Wildman–Crippen MR) is 45.9 cm³/mol. The summed E-state index contributed by atoms with van der Waals surface area (Å²) in [6.45, 7) is 5.88. The van der Waals surface area contributed by atoms with Crippen LogP contribution in [0.15, 0.2) is 0 Å². The summed E-state index contributed by atoms with van der Waals surface area (Å²) in [6.07, 6.45) is -1.20. The fourth-order valence-electron chi connectivity index (χ4n) is 0.840. The first-order valence-electron chi connectivity index (χ1n) is 4.12. The molecule has 1 amide bonds. The van der Waals surface area contributed by atoms with E-state index in [1.54, 1.807) is 0 Å². The topological polar surface area (TPSA) is 60.8 Å². The maximum Gasteiger partial charge on any atom is 0.409 e. The van der Waals surface area contributed by atoms with Crippen molar-refractivity contribution in [1.29, 1.82) is 0 Å². The van der Waals surface area contributed by atoms with Gasteiger partial charge in [0.1, 0.15) is 6.23 Å². The lowest BCUT2D eigenvalue weighted by Crippen LogP contribution is -2.38. The number of carbonyl (C=O) groups is 1. The number of amides is 1. The zero-order chi connectivity index (χ0) is 9.72. The van der Waals surface area contributed by atoms with Crippen LogP contribution >= 0.6 is 0 Å². The molecule has 72 valence electrons. The van der Waals surface area contributed by atoms with Gasteiger partial charge in [-0.15, -0.1) is 0 Å². The fraction of sp³-hybridized carbons (Fsp3) is 0.875. The SMILES string of the molecule is CC(C)CCN(C(=O)O)C(C)O. The first-order chi connectivity index (χ1) is 5.45. The Bertz CT molecular complexity index is 145. The molecule has 0 aromatic heterocycles. The van der Waals surface area contributed by atoms with E-state index in [4.69, 9.17) is 10.2 Å². The van der Waals surface area contributed by atoms with Crippen LogP contribution in [0.2, 0.25) is 0 Å². The highest BCUT2D eigenvalue weighted by Gasteiger charge is 2.16. The van der Waals surface area contributed by atoms with Crippen molar-refractivity contribution in [3.05, 3.63) is 0 Å². The van der Waals surface area contributed by atoms with Gasteiger partial charge < -0.3 is 10.2 Å². The van der Waals surface area contributed by atoms with Crippen molar-refractivity contribution in [3.63, 3.8) is 0 Å². The number of hydrogen-bond acceptors (Lipinski definition) is 2. The molecule has 0 aromatic carbocycles. The van der Waals surface area contributed by atoms with Gasteiger partial charge in [0, 0.05) is 6.54 Å². The van der Waals surface area contributed by atoms with Crippen LogP contribution < -0.4 is 0 Å². The number of aliphatic hydroxyl groups excluding tert-OH is 1. The maximum atomic E-state index is 10.5. The second kappa shape index (κ2) is 4.98. The smallest absolute Gasteiger partial charge is 0.409 e. The van der Waals surface area contributed by atoms with E-state index in [2.05, 4.69) is 0 Å². The van der Waals surface area contributed by atoms with Gasteiger partial charge in [0.05, 0.1) is 0 Å². The molecule has 4 heteroatoms. The van der Waals surface area contributed by atoms with Crippen molar-refractivity contribution in [1.82, 2.24) is 4.90 Å². The lowest BCUT2D eigenvalue weighted by Gasteiger charge is -2.22. The summed E-state index contributed by atoms with van der Waals surface area (Å²) in [7, 11) is 0. The van der Waals surface area contributed by atoms with Gasteiger partial charge in [-0.05, 0) is 19.3 Å². The Morgan fingerprint density at radius 1 is 1.42 bits per heavy atom. The standard InChI is InChI=1S/C8H17NO3/c1-6(2)4-5-9(7(3)10)8(11)12/h6-7,10H,4-5H2,1-3H3,(H,11,12). The van der Waals surface area contributed by atoms with E-state index >= 15 is 0 Å². The normalized spacial score (nSPS) is 13.1. The monoisotopic (exact) mass is 175 g/mol. The van der Waals surface area contributed by atoms with Crippen LogP contribution in [0.4, 0.5) is 4.79 Å². The Balaban J connectivity index is 3.88. The third kappa shape index (κ3) is 4.18. The first-order valence-corrected chi connectivity index (χ1v) is 4.12. The number of carboxylic acid groups (broad SMARTS) is 1. The van der Waals surface area contributed by atoms with Crippen LogP contribution in [0.1, 0.15) is 27.2 Å². The number of nitrogens with zero attached hydrogens (tertiary/aromatic N) is 1. The summed E-state index contributed by atoms with van der Waals surface area (Å²) in [6, 6.07) is 0. The van der Waals surface area contributed by atoms with E-state index in [9.17, 15) is 4.79 Å². The summed E-state index contributed by atoms with van der Waals surface area (Å²) < 4.78 is 0. The molecular weight excluding hydrogens is 158 g/mol. The van der Waals surface area contributed by atoms with Crippen LogP contribution in [0, 0.1) is 5.92 Å².